The first-order valence-corrected chi connectivity index (χ1v) is 3.25. The van der Waals surface area contributed by atoms with Gasteiger partial charge in [0.2, 0.25) is 0 Å². The number of rotatable bonds is 0. The fourth-order valence-corrected chi connectivity index (χ4v) is 0.976. The van der Waals surface area contributed by atoms with E-state index >= 15 is 0 Å². The van der Waals surface area contributed by atoms with Gasteiger partial charge in [-0.25, -0.2) is 0 Å². The molecule has 0 aromatic heterocycles. The lowest BCUT2D eigenvalue weighted by molar-refractivity contribution is -0.125. The smallest absolute Gasteiger partial charge is 0.174 e. The summed E-state index contributed by atoms with van der Waals surface area (Å²) in [5.41, 5.74) is 0. The van der Waals surface area contributed by atoms with Crippen LogP contribution in [-0.2, 0) is 9.59 Å². The Morgan fingerprint density at radius 3 is 1.58 bits per heavy atom. The van der Waals surface area contributed by atoms with Gasteiger partial charge in [0.15, 0.2) is 11.6 Å². The van der Waals surface area contributed by atoms with E-state index in [1.807, 2.05) is 0 Å². The summed E-state index contributed by atoms with van der Waals surface area (Å²) in [4.78, 5) is 21.9. The second-order valence-corrected chi connectivity index (χ2v) is 2.35. The molecular weight excluding hydrogens is 156 g/mol. The molecule has 0 N–H and O–H groups in total. The van der Waals surface area contributed by atoms with Crippen molar-refractivity contribution in [3.63, 3.8) is 0 Å². The van der Waals surface area contributed by atoms with Crippen LogP contribution in [0.2, 0.25) is 0 Å². The Kier molecular flexibility index (Phi) is 2.02. The third-order valence-corrected chi connectivity index (χ3v) is 1.64. The lowest BCUT2D eigenvalue weighted by atomic mass is 9.83. The highest BCUT2D eigenvalue weighted by Gasteiger charge is 2.34. The molecule has 1 rings (SSSR count). The Morgan fingerprint density at radius 2 is 1.33 bits per heavy atom. The van der Waals surface area contributed by atoms with Crippen LogP contribution in [0, 0.1) is 34.5 Å². The van der Waals surface area contributed by atoms with Gasteiger partial charge in [-0.2, -0.15) is 10.5 Å². The maximum absolute atomic E-state index is 10.9. The van der Waals surface area contributed by atoms with Crippen molar-refractivity contribution in [2.24, 2.45) is 11.8 Å². The highest BCUT2D eigenvalue weighted by atomic mass is 16.1. The molecular formula is C8H4N2O2. The van der Waals surface area contributed by atoms with Crippen LogP contribution in [0.3, 0.4) is 0 Å². The predicted octanol–water partition coefficient (Wildman–Crippen LogP) is -0.0260. The number of allylic oxidation sites excluding steroid dienone is 2. The second-order valence-electron chi connectivity index (χ2n) is 2.35. The number of nitrogens with zero attached hydrogens (tertiary/aromatic N) is 2. The van der Waals surface area contributed by atoms with Crippen molar-refractivity contribution in [3.8, 4) is 12.1 Å². The number of nitriles is 2. The summed E-state index contributed by atoms with van der Waals surface area (Å²) in [5, 5.41) is 16.9. The summed E-state index contributed by atoms with van der Waals surface area (Å²) in [7, 11) is 0. The fourth-order valence-electron chi connectivity index (χ4n) is 0.976. The van der Waals surface area contributed by atoms with E-state index in [2.05, 4.69) is 0 Å². The van der Waals surface area contributed by atoms with E-state index in [4.69, 9.17) is 10.5 Å². The topological polar surface area (TPSA) is 81.7 Å². The van der Waals surface area contributed by atoms with Gasteiger partial charge >= 0.3 is 0 Å². The van der Waals surface area contributed by atoms with Gasteiger partial charge in [0.1, 0.15) is 11.8 Å². The van der Waals surface area contributed by atoms with Crippen molar-refractivity contribution in [3.05, 3.63) is 12.2 Å². The molecule has 0 bridgehead atoms. The number of ketones is 2. The minimum Gasteiger partial charge on any atom is -0.293 e. The molecule has 0 fully saturated rings. The largest absolute Gasteiger partial charge is 0.293 e. The number of carbonyl (C=O) groups excluding carboxylic acids is 2. The van der Waals surface area contributed by atoms with Gasteiger partial charge in [-0.05, 0) is 12.2 Å². The molecule has 0 aromatic carbocycles. The van der Waals surface area contributed by atoms with E-state index in [0.717, 1.165) is 12.2 Å². The minimum atomic E-state index is -1.12. The number of carbonyl (C=O) groups is 2. The standard InChI is InChI=1S/C8H4N2O2/c9-3-5-6(4-10)8(12)2-1-7(5)11/h1-2,5-6H. The van der Waals surface area contributed by atoms with Crippen molar-refractivity contribution in [2.75, 3.05) is 0 Å². The maximum Gasteiger partial charge on any atom is 0.174 e. The van der Waals surface area contributed by atoms with Crippen LogP contribution >= 0.6 is 0 Å². The lowest BCUT2D eigenvalue weighted by Gasteiger charge is -2.12. The molecule has 0 amide bonds. The number of hydrogen-bond donors (Lipinski definition) is 0. The first-order valence-electron chi connectivity index (χ1n) is 3.25. The normalized spacial score (nSPS) is 27.8. The summed E-state index contributed by atoms with van der Waals surface area (Å²) < 4.78 is 0. The van der Waals surface area contributed by atoms with Crippen molar-refractivity contribution in [1.29, 1.82) is 10.5 Å². The van der Waals surface area contributed by atoms with Crippen molar-refractivity contribution < 1.29 is 9.59 Å². The van der Waals surface area contributed by atoms with Crippen LogP contribution in [0.15, 0.2) is 12.2 Å². The molecule has 0 aliphatic heterocycles. The van der Waals surface area contributed by atoms with Crippen molar-refractivity contribution in [2.45, 2.75) is 0 Å². The van der Waals surface area contributed by atoms with E-state index < -0.39 is 23.4 Å². The highest BCUT2D eigenvalue weighted by Crippen LogP contribution is 2.18. The summed E-state index contributed by atoms with van der Waals surface area (Å²) >= 11 is 0. The molecule has 4 nitrogen and oxygen atoms in total. The molecule has 0 spiro atoms. The van der Waals surface area contributed by atoms with E-state index in [1.165, 1.54) is 0 Å². The molecule has 58 valence electrons. The van der Waals surface area contributed by atoms with Gasteiger partial charge < -0.3 is 0 Å². The van der Waals surface area contributed by atoms with Crippen molar-refractivity contribution >= 4 is 11.6 Å². The monoisotopic (exact) mass is 160 g/mol. The summed E-state index contributed by atoms with van der Waals surface area (Å²) in [5.74, 6) is -3.17. The zero-order valence-electron chi connectivity index (χ0n) is 6.02. The van der Waals surface area contributed by atoms with E-state index in [1.54, 1.807) is 12.1 Å². The predicted molar refractivity (Wildman–Crippen MR) is 37.4 cm³/mol. The van der Waals surface area contributed by atoms with Gasteiger partial charge in [0, 0.05) is 0 Å². The quantitative estimate of drug-likeness (QED) is 0.498. The van der Waals surface area contributed by atoms with Gasteiger partial charge in [0.25, 0.3) is 0 Å². The third-order valence-electron chi connectivity index (χ3n) is 1.64. The maximum atomic E-state index is 10.9. The molecule has 0 saturated heterocycles. The Balaban J connectivity index is 3.08. The minimum absolute atomic E-state index is 0.469. The van der Waals surface area contributed by atoms with Gasteiger partial charge in [-0.15, -0.1) is 0 Å². The first kappa shape index (κ1) is 8.16. The molecule has 4 heteroatoms. The number of hydrogen-bond acceptors (Lipinski definition) is 4. The Hall–Kier alpha value is -1.94. The van der Waals surface area contributed by atoms with Gasteiger partial charge in [0.05, 0.1) is 12.1 Å². The molecule has 2 unspecified atom stereocenters. The molecule has 1 aliphatic carbocycles. The fraction of sp³-hybridized carbons (Fsp3) is 0.250. The Morgan fingerprint density at radius 1 is 1.00 bits per heavy atom. The lowest BCUT2D eigenvalue weighted by Crippen LogP contribution is -2.29. The first-order chi connectivity index (χ1) is 5.70. The van der Waals surface area contributed by atoms with Crippen molar-refractivity contribution in [1.82, 2.24) is 0 Å². The van der Waals surface area contributed by atoms with Crippen LogP contribution in [0.5, 0.6) is 0 Å². The highest BCUT2D eigenvalue weighted by molar-refractivity contribution is 6.09. The van der Waals surface area contributed by atoms with Crippen LogP contribution < -0.4 is 0 Å². The zero-order chi connectivity index (χ0) is 9.14. The molecule has 0 radical (unpaired) electrons. The van der Waals surface area contributed by atoms with Crippen LogP contribution in [-0.4, -0.2) is 11.6 Å². The molecule has 2 atom stereocenters. The average Bonchev–Trinajstić information content (AvgIpc) is 2.08. The van der Waals surface area contributed by atoms with Crippen LogP contribution in [0.25, 0.3) is 0 Å². The molecule has 0 saturated carbocycles. The van der Waals surface area contributed by atoms with Crippen LogP contribution in [0.1, 0.15) is 0 Å². The van der Waals surface area contributed by atoms with E-state index in [-0.39, 0.29) is 0 Å². The SMILES string of the molecule is N#CC1C(=O)C=CC(=O)C1C#N. The Bertz CT molecular complexity index is 309. The molecule has 12 heavy (non-hydrogen) atoms. The summed E-state index contributed by atoms with van der Waals surface area (Å²) in [6.45, 7) is 0. The molecule has 0 aromatic rings. The summed E-state index contributed by atoms with van der Waals surface area (Å²) in [6, 6.07) is 3.28. The summed E-state index contributed by atoms with van der Waals surface area (Å²) in [6.07, 6.45) is 2.09. The third kappa shape index (κ3) is 1.11. The molecule has 0 heterocycles. The second kappa shape index (κ2) is 2.98. The van der Waals surface area contributed by atoms with E-state index in [9.17, 15) is 9.59 Å². The molecule has 1 aliphatic rings. The van der Waals surface area contributed by atoms with Gasteiger partial charge in [-0.3, -0.25) is 9.59 Å². The van der Waals surface area contributed by atoms with E-state index in [0.29, 0.717) is 0 Å². The zero-order valence-corrected chi connectivity index (χ0v) is 6.02. The Labute approximate surface area is 68.7 Å². The van der Waals surface area contributed by atoms with Gasteiger partial charge in [-0.1, -0.05) is 0 Å². The average molecular weight is 160 g/mol. The van der Waals surface area contributed by atoms with Crippen LogP contribution in [0.4, 0.5) is 0 Å².